The highest BCUT2D eigenvalue weighted by atomic mass is 14.9. The van der Waals surface area contributed by atoms with Gasteiger partial charge in [-0.1, -0.05) is 18.2 Å². The molecule has 0 aliphatic rings. The molecule has 0 fully saturated rings. The molecule has 1 unspecified atom stereocenters. The van der Waals surface area contributed by atoms with Gasteiger partial charge in [-0.05, 0) is 19.1 Å². The lowest BCUT2D eigenvalue weighted by atomic mass is 10.3. The Kier molecular flexibility index (Phi) is 2.51. The van der Waals surface area contributed by atoms with E-state index in [0.717, 1.165) is 5.69 Å². The molecule has 11 heavy (non-hydrogen) atoms. The van der Waals surface area contributed by atoms with Gasteiger partial charge in [0.15, 0.2) is 0 Å². The number of rotatable bonds is 2. The van der Waals surface area contributed by atoms with Crippen LogP contribution >= 0.6 is 0 Å². The molecule has 0 saturated heterocycles. The summed E-state index contributed by atoms with van der Waals surface area (Å²) in [6.45, 7) is 1.83. The topological polar surface area (TPSA) is 35.8 Å². The zero-order valence-electron chi connectivity index (χ0n) is 6.41. The van der Waals surface area contributed by atoms with E-state index in [-0.39, 0.29) is 6.04 Å². The average molecular weight is 146 g/mol. The first-order valence-electron chi connectivity index (χ1n) is 3.54. The zero-order chi connectivity index (χ0) is 8.10. The predicted octanol–water partition coefficient (Wildman–Crippen LogP) is 2.01. The van der Waals surface area contributed by atoms with Crippen molar-refractivity contribution in [3.8, 4) is 6.07 Å². The van der Waals surface area contributed by atoms with Crippen molar-refractivity contribution in [1.29, 1.82) is 5.26 Å². The Morgan fingerprint density at radius 2 is 2.00 bits per heavy atom. The van der Waals surface area contributed by atoms with Gasteiger partial charge in [0, 0.05) is 5.69 Å². The Hall–Kier alpha value is -1.49. The maximum absolute atomic E-state index is 8.48. The molecule has 2 heteroatoms. The van der Waals surface area contributed by atoms with Crippen LogP contribution in [0.1, 0.15) is 6.92 Å². The first kappa shape index (κ1) is 7.62. The van der Waals surface area contributed by atoms with E-state index in [4.69, 9.17) is 5.26 Å². The quantitative estimate of drug-likeness (QED) is 0.692. The van der Waals surface area contributed by atoms with Crippen LogP contribution in [0.3, 0.4) is 0 Å². The van der Waals surface area contributed by atoms with E-state index in [1.165, 1.54) is 0 Å². The molecule has 1 N–H and O–H groups in total. The number of nitrogens with one attached hydrogen (secondary N) is 1. The molecule has 0 aromatic heterocycles. The van der Waals surface area contributed by atoms with Gasteiger partial charge in [-0.2, -0.15) is 5.26 Å². The summed E-state index contributed by atoms with van der Waals surface area (Å²) in [5.74, 6) is 0. The van der Waals surface area contributed by atoms with Gasteiger partial charge in [-0.15, -0.1) is 0 Å². The Morgan fingerprint density at radius 3 is 2.55 bits per heavy atom. The highest BCUT2D eigenvalue weighted by Crippen LogP contribution is 2.05. The number of anilines is 1. The van der Waals surface area contributed by atoms with Gasteiger partial charge in [0.05, 0.1) is 6.07 Å². The van der Waals surface area contributed by atoms with Crippen LogP contribution in [0, 0.1) is 11.3 Å². The normalized spacial score (nSPS) is 11.6. The second kappa shape index (κ2) is 3.62. The van der Waals surface area contributed by atoms with E-state index in [1.807, 2.05) is 37.3 Å². The summed E-state index contributed by atoms with van der Waals surface area (Å²) in [6, 6.07) is 11.7. The summed E-state index contributed by atoms with van der Waals surface area (Å²) in [5, 5.41) is 11.5. The van der Waals surface area contributed by atoms with Crippen LogP contribution in [0.25, 0.3) is 0 Å². The van der Waals surface area contributed by atoms with Crippen molar-refractivity contribution >= 4 is 5.69 Å². The van der Waals surface area contributed by atoms with Gasteiger partial charge in [-0.3, -0.25) is 0 Å². The molecule has 0 radical (unpaired) electrons. The molecule has 2 nitrogen and oxygen atoms in total. The molecule has 0 saturated carbocycles. The maximum atomic E-state index is 8.48. The van der Waals surface area contributed by atoms with Crippen LogP contribution in [-0.2, 0) is 0 Å². The van der Waals surface area contributed by atoms with E-state index in [2.05, 4.69) is 11.4 Å². The summed E-state index contributed by atoms with van der Waals surface area (Å²) in [5.41, 5.74) is 0.988. The molecule has 0 aliphatic carbocycles. The molecule has 1 aromatic carbocycles. The predicted molar refractivity (Wildman–Crippen MR) is 45.1 cm³/mol. The van der Waals surface area contributed by atoms with Crippen LogP contribution in [-0.4, -0.2) is 6.04 Å². The van der Waals surface area contributed by atoms with Crippen molar-refractivity contribution in [1.82, 2.24) is 0 Å². The van der Waals surface area contributed by atoms with Gasteiger partial charge in [0.2, 0.25) is 0 Å². The Bertz CT molecular complexity index is 248. The second-order valence-corrected chi connectivity index (χ2v) is 2.36. The first-order valence-corrected chi connectivity index (χ1v) is 3.54. The third kappa shape index (κ3) is 2.30. The molecule has 1 aromatic rings. The fourth-order valence-corrected chi connectivity index (χ4v) is 0.817. The van der Waals surface area contributed by atoms with Crippen LogP contribution in [0.15, 0.2) is 30.3 Å². The fourth-order valence-electron chi connectivity index (χ4n) is 0.817. The summed E-state index contributed by atoms with van der Waals surface area (Å²) in [6.07, 6.45) is 0. The molecule has 0 bridgehead atoms. The highest BCUT2D eigenvalue weighted by Gasteiger charge is 1.95. The summed E-state index contributed by atoms with van der Waals surface area (Å²) < 4.78 is 0. The molecule has 0 amide bonds. The van der Waals surface area contributed by atoms with Crippen LogP contribution in [0.2, 0.25) is 0 Å². The monoisotopic (exact) mass is 146 g/mol. The molecule has 0 aliphatic heterocycles. The number of benzene rings is 1. The van der Waals surface area contributed by atoms with Crippen LogP contribution in [0.5, 0.6) is 0 Å². The van der Waals surface area contributed by atoms with Crippen molar-refractivity contribution in [3.63, 3.8) is 0 Å². The van der Waals surface area contributed by atoms with Crippen molar-refractivity contribution in [3.05, 3.63) is 30.3 Å². The van der Waals surface area contributed by atoms with Crippen molar-refractivity contribution in [2.45, 2.75) is 13.0 Å². The zero-order valence-corrected chi connectivity index (χ0v) is 6.41. The molecular weight excluding hydrogens is 136 g/mol. The van der Waals surface area contributed by atoms with Gasteiger partial charge in [0.1, 0.15) is 6.04 Å². The summed E-state index contributed by atoms with van der Waals surface area (Å²) in [7, 11) is 0. The minimum atomic E-state index is -0.127. The van der Waals surface area contributed by atoms with E-state index < -0.39 is 0 Å². The van der Waals surface area contributed by atoms with Crippen molar-refractivity contribution in [2.24, 2.45) is 0 Å². The van der Waals surface area contributed by atoms with E-state index in [1.54, 1.807) is 0 Å². The minimum absolute atomic E-state index is 0.127. The third-order valence-corrected chi connectivity index (χ3v) is 1.35. The van der Waals surface area contributed by atoms with Crippen LogP contribution < -0.4 is 5.32 Å². The summed E-state index contributed by atoms with van der Waals surface area (Å²) in [4.78, 5) is 0. The number of hydrogen-bond donors (Lipinski definition) is 1. The lowest BCUT2D eigenvalue weighted by Gasteiger charge is -2.05. The number of hydrogen-bond acceptors (Lipinski definition) is 2. The molecule has 56 valence electrons. The van der Waals surface area contributed by atoms with Gasteiger partial charge in [0.25, 0.3) is 0 Å². The van der Waals surface area contributed by atoms with E-state index in [9.17, 15) is 0 Å². The number of nitrogens with zero attached hydrogens (tertiary/aromatic N) is 1. The van der Waals surface area contributed by atoms with Crippen molar-refractivity contribution < 1.29 is 0 Å². The SMILES string of the molecule is CC(C#N)Nc1ccccc1. The highest BCUT2D eigenvalue weighted by molar-refractivity contribution is 5.44. The molecule has 1 atom stereocenters. The Labute approximate surface area is 66.5 Å². The smallest absolute Gasteiger partial charge is 0.111 e. The largest absolute Gasteiger partial charge is 0.370 e. The van der Waals surface area contributed by atoms with Gasteiger partial charge < -0.3 is 5.32 Å². The molecular formula is C9H10N2. The first-order chi connectivity index (χ1) is 5.33. The van der Waals surface area contributed by atoms with Gasteiger partial charge in [-0.25, -0.2) is 0 Å². The average Bonchev–Trinajstić information content (AvgIpc) is 2.06. The second-order valence-electron chi connectivity index (χ2n) is 2.36. The minimum Gasteiger partial charge on any atom is -0.370 e. The lowest BCUT2D eigenvalue weighted by molar-refractivity contribution is 1.01. The third-order valence-electron chi connectivity index (χ3n) is 1.35. The summed E-state index contributed by atoms with van der Waals surface area (Å²) >= 11 is 0. The standard InChI is InChI=1S/C9H10N2/c1-8(7-10)11-9-5-3-2-4-6-9/h2-6,8,11H,1H3. The lowest BCUT2D eigenvalue weighted by Crippen LogP contribution is -2.11. The molecule has 0 spiro atoms. The molecule has 1 rings (SSSR count). The number of para-hydroxylation sites is 1. The van der Waals surface area contributed by atoms with E-state index >= 15 is 0 Å². The van der Waals surface area contributed by atoms with Crippen molar-refractivity contribution in [2.75, 3.05) is 5.32 Å². The maximum Gasteiger partial charge on any atom is 0.111 e. The molecule has 0 heterocycles. The van der Waals surface area contributed by atoms with Gasteiger partial charge >= 0.3 is 0 Å². The Balaban J connectivity index is 2.60. The van der Waals surface area contributed by atoms with Crippen LogP contribution in [0.4, 0.5) is 5.69 Å². The number of nitriles is 1. The fraction of sp³-hybridized carbons (Fsp3) is 0.222. The Morgan fingerprint density at radius 1 is 1.36 bits per heavy atom. The van der Waals surface area contributed by atoms with E-state index in [0.29, 0.717) is 0 Å².